The molecule has 4 nitrogen and oxygen atoms in total. The zero-order chi connectivity index (χ0) is 14.5. The Morgan fingerprint density at radius 1 is 1.05 bits per heavy atom. The number of hydrogen-bond donors (Lipinski definition) is 0. The molecule has 2 aromatic rings. The van der Waals surface area contributed by atoms with Crippen LogP contribution in [0.25, 0.3) is 11.3 Å². The summed E-state index contributed by atoms with van der Waals surface area (Å²) in [6.45, 7) is 1.85. The zero-order valence-corrected chi connectivity index (χ0v) is 10.8. The highest BCUT2D eigenvalue weighted by Crippen LogP contribution is 2.26. The molecule has 0 saturated carbocycles. The van der Waals surface area contributed by atoms with E-state index in [4.69, 9.17) is 15.8 Å². The van der Waals surface area contributed by atoms with Gasteiger partial charge in [-0.25, -0.2) is 4.98 Å². The third-order valence-electron chi connectivity index (χ3n) is 2.94. The minimum Gasteiger partial charge on any atom is -0.249 e. The fraction of sp³-hybridized carbons (Fsp3) is 0.125. The molecule has 94 valence electrons. The van der Waals surface area contributed by atoms with E-state index in [9.17, 15) is 0 Å². The average molecular weight is 258 g/mol. The summed E-state index contributed by atoms with van der Waals surface area (Å²) in [5.41, 5.74) is 2.92. The second-order valence-electron chi connectivity index (χ2n) is 4.26. The lowest BCUT2D eigenvalue weighted by Gasteiger charge is -2.10. The van der Waals surface area contributed by atoms with Crippen molar-refractivity contribution in [2.75, 3.05) is 0 Å². The number of aryl methyl sites for hydroxylation is 1. The highest BCUT2D eigenvalue weighted by molar-refractivity contribution is 5.65. The lowest BCUT2D eigenvalue weighted by molar-refractivity contribution is 0.999. The molecule has 0 N–H and O–H groups in total. The molecule has 1 heterocycles. The van der Waals surface area contributed by atoms with Crippen LogP contribution in [0.15, 0.2) is 36.4 Å². The number of pyridine rings is 1. The molecule has 0 spiro atoms. The summed E-state index contributed by atoms with van der Waals surface area (Å²) in [6, 6.07) is 16.9. The molecule has 0 amide bonds. The van der Waals surface area contributed by atoms with Gasteiger partial charge in [-0.1, -0.05) is 30.3 Å². The maximum absolute atomic E-state index is 9.14. The van der Waals surface area contributed by atoms with E-state index < -0.39 is 5.92 Å². The van der Waals surface area contributed by atoms with Crippen molar-refractivity contribution in [3.8, 4) is 29.5 Å². The molecule has 0 aliphatic heterocycles. The molecule has 1 aromatic carbocycles. The van der Waals surface area contributed by atoms with Crippen LogP contribution in [0.3, 0.4) is 0 Å². The number of benzene rings is 1. The van der Waals surface area contributed by atoms with E-state index in [1.807, 2.05) is 55.5 Å². The molecule has 0 unspecified atom stereocenters. The van der Waals surface area contributed by atoms with Crippen LogP contribution in [0.5, 0.6) is 0 Å². The first kappa shape index (κ1) is 13.3. The third-order valence-corrected chi connectivity index (χ3v) is 2.94. The van der Waals surface area contributed by atoms with Gasteiger partial charge >= 0.3 is 0 Å². The van der Waals surface area contributed by atoms with Gasteiger partial charge < -0.3 is 0 Å². The lowest BCUT2D eigenvalue weighted by atomic mass is 9.98. The van der Waals surface area contributed by atoms with E-state index >= 15 is 0 Å². The number of nitriles is 3. The van der Waals surface area contributed by atoms with Crippen molar-refractivity contribution < 1.29 is 0 Å². The number of aromatic nitrogens is 1. The first-order chi connectivity index (χ1) is 9.71. The molecule has 2 rings (SSSR count). The number of nitrogens with zero attached hydrogens (tertiary/aromatic N) is 4. The molecule has 0 radical (unpaired) electrons. The lowest BCUT2D eigenvalue weighted by Crippen LogP contribution is -2.03. The predicted octanol–water partition coefficient (Wildman–Crippen LogP) is 3.06. The minimum atomic E-state index is -1.03. The first-order valence-corrected chi connectivity index (χ1v) is 5.97. The van der Waals surface area contributed by atoms with Gasteiger partial charge in [-0.3, -0.25) is 0 Å². The quantitative estimate of drug-likeness (QED) is 0.828. The van der Waals surface area contributed by atoms with Crippen molar-refractivity contribution in [1.29, 1.82) is 15.8 Å². The largest absolute Gasteiger partial charge is 0.249 e. The molecule has 0 atom stereocenters. The predicted molar refractivity (Wildman–Crippen MR) is 73.1 cm³/mol. The molecule has 20 heavy (non-hydrogen) atoms. The SMILES string of the molecule is Cc1cc(C#N)c(C(C#N)C#N)nc1-c1ccccc1. The first-order valence-electron chi connectivity index (χ1n) is 5.97. The van der Waals surface area contributed by atoms with Crippen LogP contribution in [0, 0.1) is 40.9 Å². The maximum atomic E-state index is 9.14. The topological polar surface area (TPSA) is 84.3 Å². The van der Waals surface area contributed by atoms with Crippen LogP contribution in [0.1, 0.15) is 22.7 Å². The van der Waals surface area contributed by atoms with Crippen molar-refractivity contribution in [2.45, 2.75) is 12.8 Å². The van der Waals surface area contributed by atoms with Gasteiger partial charge in [-0.15, -0.1) is 0 Å². The maximum Gasteiger partial charge on any atom is 0.176 e. The Labute approximate surface area is 117 Å². The van der Waals surface area contributed by atoms with Gasteiger partial charge in [-0.05, 0) is 18.6 Å². The summed E-state index contributed by atoms with van der Waals surface area (Å²) in [6.07, 6.45) is 0. The fourth-order valence-corrected chi connectivity index (χ4v) is 1.98. The van der Waals surface area contributed by atoms with Crippen LogP contribution < -0.4 is 0 Å². The Bertz CT molecular complexity index is 744. The van der Waals surface area contributed by atoms with Crippen molar-refractivity contribution >= 4 is 0 Å². The molecular formula is C16H10N4. The molecule has 0 saturated heterocycles. The normalized spacial score (nSPS) is 9.55. The highest BCUT2D eigenvalue weighted by Gasteiger charge is 2.19. The van der Waals surface area contributed by atoms with E-state index in [0.717, 1.165) is 11.1 Å². The molecule has 1 aromatic heterocycles. The summed E-state index contributed by atoms with van der Waals surface area (Å²) in [4.78, 5) is 4.39. The molecule has 0 aliphatic rings. The Balaban J connectivity index is 2.69. The zero-order valence-electron chi connectivity index (χ0n) is 10.8. The highest BCUT2D eigenvalue weighted by atomic mass is 14.7. The summed E-state index contributed by atoms with van der Waals surface area (Å²) >= 11 is 0. The van der Waals surface area contributed by atoms with Crippen molar-refractivity contribution in [2.24, 2.45) is 0 Å². The monoisotopic (exact) mass is 258 g/mol. The van der Waals surface area contributed by atoms with Crippen molar-refractivity contribution in [3.05, 3.63) is 53.2 Å². The second kappa shape index (κ2) is 5.65. The summed E-state index contributed by atoms with van der Waals surface area (Å²) in [5, 5.41) is 27.2. The van der Waals surface area contributed by atoms with Gasteiger partial charge in [0.25, 0.3) is 0 Å². The van der Waals surface area contributed by atoms with Crippen LogP contribution in [0.4, 0.5) is 0 Å². The van der Waals surface area contributed by atoms with Crippen molar-refractivity contribution in [1.82, 2.24) is 4.98 Å². The molecule has 0 bridgehead atoms. The Hall–Kier alpha value is -3.16. The van der Waals surface area contributed by atoms with Gasteiger partial charge in [0.15, 0.2) is 5.92 Å². The second-order valence-corrected chi connectivity index (χ2v) is 4.26. The molecular weight excluding hydrogens is 248 g/mol. The van der Waals surface area contributed by atoms with E-state index in [0.29, 0.717) is 5.69 Å². The van der Waals surface area contributed by atoms with E-state index in [2.05, 4.69) is 4.98 Å². The van der Waals surface area contributed by atoms with Gasteiger partial charge in [0.2, 0.25) is 0 Å². The Morgan fingerprint density at radius 3 is 2.25 bits per heavy atom. The molecule has 0 aliphatic carbocycles. The van der Waals surface area contributed by atoms with Crippen LogP contribution in [-0.4, -0.2) is 4.98 Å². The minimum absolute atomic E-state index is 0.224. The standard InChI is InChI=1S/C16H10N4/c1-11-7-13(8-17)16(14(9-18)10-19)20-15(11)12-5-3-2-4-6-12/h2-7,14H,1H3. The summed E-state index contributed by atoms with van der Waals surface area (Å²) in [5.74, 6) is -1.03. The van der Waals surface area contributed by atoms with E-state index in [1.165, 1.54) is 0 Å². The number of hydrogen-bond acceptors (Lipinski definition) is 4. The van der Waals surface area contributed by atoms with Gasteiger partial charge in [0.05, 0.1) is 29.1 Å². The Morgan fingerprint density at radius 2 is 1.70 bits per heavy atom. The van der Waals surface area contributed by atoms with Gasteiger partial charge in [0.1, 0.15) is 6.07 Å². The fourth-order valence-electron chi connectivity index (χ4n) is 1.98. The summed E-state index contributed by atoms with van der Waals surface area (Å²) in [7, 11) is 0. The summed E-state index contributed by atoms with van der Waals surface area (Å²) < 4.78 is 0. The van der Waals surface area contributed by atoms with Crippen LogP contribution in [0.2, 0.25) is 0 Å². The van der Waals surface area contributed by atoms with Crippen LogP contribution in [-0.2, 0) is 0 Å². The molecule has 4 heteroatoms. The third kappa shape index (κ3) is 2.34. The number of rotatable bonds is 2. The van der Waals surface area contributed by atoms with E-state index in [1.54, 1.807) is 6.07 Å². The van der Waals surface area contributed by atoms with E-state index in [-0.39, 0.29) is 11.3 Å². The Kier molecular flexibility index (Phi) is 3.75. The van der Waals surface area contributed by atoms with Crippen molar-refractivity contribution in [3.63, 3.8) is 0 Å². The van der Waals surface area contributed by atoms with Gasteiger partial charge in [0, 0.05) is 5.56 Å². The average Bonchev–Trinajstić information content (AvgIpc) is 2.50. The van der Waals surface area contributed by atoms with Crippen LogP contribution >= 0.6 is 0 Å². The smallest absolute Gasteiger partial charge is 0.176 e. The van der Waals surface area contributed by atoms with Gasteiger partial charge in [-0.2, -0.15) is 15.8 Å². The molecule has 0 fully saturated rings.